The van der Waals surface area contributed by atoms with Gasteiger partial charge in [0.05, 0.1) is 12.2 Å². The first-order chi connectivity index (χ1) is 17.2. The fourth-order valence-electron chi connectivity index (χ4n) is 3.89. The van der Waals surface area contributed by atoms with Gasteiger partial charge in [0.15, 0.2) is 0 Å². The number of benzene rings is 2. The van der Waals surface area contributed by atoms with Gasteiger partial charge in [-0.3, -0.25) is 9.48 Å². The number of rotatable bonds is 9. The number of nitrogens with one attached hydrogen (secondary N) is 1. The fourth-order valence-corrected chi connectivity index (χ4v) is 4.64. The van der Waals surface area contributed by atoms with Gasteiger partial charge in [0.2, 0.25) is 0 Å². The molecule has 8 heteroatoms. The van der Waals surface area contributed by atoms with Gasteiger partial charge in [-0.2, -0.15) is 5.10 Å². The third-order valence-electron chi connectivity index (χ3n) is 5.97. The van der Waals surface area contributed by atoms with Gasteiger partial charge in [-0.1, -0.05) is 6.07 Å². The molecule has 0 bridgehead atoms. The Morgan fingerprint density at radius 2 is 1.89 bits per heavy atom. The Bertz CT molecular complexity index is 1300. The van der Waals surface area contributed by atoms with E-state index >= 15 is 0 Å². The van der Waals surface area contributed by atoms with Crippen LogP contribution in [0.1, 0.15) is 39.3 Å². The smallest absolute Gasteiger partial charge is 0.252 e. The lowest BCUT2D eigenvalue weighted by molar-refractivity contribution is 0.0938. The predicted molar refractivity (Wildman–Crippen MR) is 146 cm³/mol. The van der Waals surface area contributed by atoms with Gasteiger partial charge in [-0.05, 0) is 81.9 Å². The zero-order valence-corrected chi connectivity index (χ0v) is 22.5. The Balaban J connectivity index is 1.60. The quantitative estimate of drug-likeness (QED) is 0.337. The largest absolute Gasteiger partial charge is 0.492 e. The van der Waals surface area contributed by atoms with E-state index in [2.05, 4.69) is 45.4 Å². The first kappa shape index (κ1) is 25.6. The van der Waals surface area contributed by atoms with E-state index in [4.69, 9.17) is 4.74 Å². The third-order valence-corrected chi connectivity index (χ3v) is 6.93. The van der Waals surface area contributed by atoms with E-state index in [-0.39, 0.29) is 11.9 Å². The van der Waals surface area contributed by atoms with E-state index in [0.29, 0.717) is 17.9 Å². The van der Waals surface area contributed by atoms with Crippen LogP contribution in [0.25, 0.3) is 21.7 Å². The molecule has 0 radical (unpaired) electrons. The number of carbonyl (C=O) groups excluding carboxylic acids is 1. The molecule has 0 fully saturated rings. The van der Waals surface area contributed by atoms with Crippen LogP contribution in [0.3, 0.4) is 0 Å². The van der Waals surface area contributed by atoms with Crippen molar-refractivity contribution in [2.45, 2.75) is 26.8 Å². The van der Waals surface area contributed by atoms with E-state index in [9.17, 15) is 4.79 Å². The number of amides is 1. The number of ether oxygens (including phenoxy) is 1. The Labute approximate surface area is 216 Å². The highest BCUT2D eigenvalue weighted by Crippen LogP contribution is 2.32. The van der Waals surface area contributed by atoms with Crippen LogP contribution in [-0.2, 0) is 7.05 Å². The van der Waals surface area contributed by atoms with Crippen LogP contribution in [0.15, 0.2) is 55.0 Å². The molecule has 4 aromatic rings. The molecule has 36 heavy (non-hydrogen) atoms. The zero-order chi connectivity index (χ0) is 25.8. The van der Waals surface area contributed by atoms with Gasteiger partial charge in [-0.15, -0.1) is 11.3 Å². The summed E-state index contributed by atoms with van der Waals surface area (Å²) < 4.78 is 7.64. The fraction of sp³-hybridized carbons (Fsp3) is 0.321. The van der Waals surface area contributed by atoms with Crippen LogP contribution in [0.4, 0.5) is 0 Å². The number of hydrogen-bond donors (Lipinski definition) is 1. The highest BCUT2D eigenvalue weighted by molar-refractivity contribution is 7.14. The minimum absolute atomic E-state index is 0.128. The zero-order valence-electron chi connectivity index (χ0n) is 21.7. The summed E-state index contributed by atoms with van der Waals surface area (Å²) in [6.07, 6.45) is 5.73. The predicted octanol–water partition coefficient (Wildman–Crippen LogP) is 5.26. The first-order valence-electron chi connectivity index (χ1n) is 12.0. The third kappa shape index (κ3) is 6.19. The number of aromatic nitrogens is 3. The van der Waals surface area contributed by atoms with Crippen molar-refractivity contribution in [1.82, 2.24) is 25.0 Å². The lowest BCUT2D eigenvalue weighted by Crippen LogP contribution is -2.27. The van der Waals surface area contributed by atoms with Crippen molar-refractivity contribution in [2.75, 3.05) is 27.2 Å². The first-order valence-corrected chi connectivity index (χ1v) is 12.8. The van der Waals surface area contributed by atoms with Gasteiger partial charge in [-0.25, -0.2) is 4.98 Å². The van der Waals surface area contributed by atoms with Gasteiger partial charge in [0.1, 0.15) is 17.4 Å². The van der Waals surface area contributed by atoms with Crippen LogP contribution < -0.4 is 10.1 Å². The second-order valence-corrected chi connectivity index (χ2v) is 10.6. The summed E-state index contributed by atoms with van der Waals surface area (Å²) in [5, 5.41) is 8.47. The SMILES string of the molecule is Cc1cnc(-c2cc(-c3cnn(C)c3)cc([C@@H](C)NC(=O)c3cc(OCCN(C)C)ccc3C)c2)s1. The topological polar surface area (TPSA) is 72.3 Å². The van der Waals surface area contributed by atoms with Crippen molar-refractivity contribution in [3.8, 4) is 27.4 Å². The van der Waals surface area contributed by atoms with Crippen molar-refractivity contribution in [2.24, 2.45) is 7.05 Å². The van der Waals surface area contributed by atoms with Crippen molar-refractivity contribution in [1.29, 1.82) is 0 Å². The maximum absolute atomic E-state index is 13.3. The molecular weight excluding hydrogens is 470 g/mol. The monoisotopic (exact) mass is 503 g/mol. The van der Waals surface area contributed by atoms with Crippen molar-refractivity contribution in [3.05, 3.63) is 76.6 Å². The van der Waals surface area contributed by atoms with Crippen LogP contribution in [0.5, 0.6) is 5.75 Å². The maximum Gasteiger partial charge on any atom is 0.252 e. The number of nitrogens with zero attached hydrogens (tertiary/aromatic N) is 4. The highest BCUT2D eigenvalue weighted by Gasteiger charge is 2.17. The summed E-state index contributed by atoms with van der Waals surface area (Å²) in [6.45, 7) is 7.36. The molecule has 0 aliphatic rings. The van der Waals surface area contributed by atoms with E-state index in [1.807, 2.05) is 71.8 Å². The average Bonchev–Trinajstić information content (AvgIpc) is 3.47. The number of likely N-dealkylation sites (N-methyl/N-ethyl adjacent to an activating group) is 1. The lowest BCUT2D eigenvalue weighted by Gasteiger charge is -2.18. The molecular formula is C28H33N5O2S. The summed E-state index contributed by atoms with van der Waals surface area (Å²) in [5.74, 6) is 0.566. The minimum Gasteiger partial charge on any atom is -0.492 e. The van der Waals surface area contributed by atoms with Crippen molar-refractivity contribution >= 4 is 17.2 Å². The number of carbonyl (C=O) groups is 1. The average molecular weight is 504 g/mol. The molecule has 0 unspecified atom stereocenters. The van der Waals surface area contributed by atoms with Gasteiger partial charge < -0.3 is 15.0 Å². The lowest BCUT2D eigenvalue weighted by atomic mass is 9.98. The number of thiazole rings is 1. The molecule has 1 amide bonds. The van der Waals surface area contributed by atoms with E-state index in [0.717, 1.165) is 44.2 Å². The molecule has 4 rings (SSSR count). The maximum atomic E-state index is 13.3. The summed E-state index contributed by atoms with van der Waals surface area (Å²) >= 11 is 1.66. The second kappa shape index (κ2) is 11.1. The Morgan fingerprint density at radius 3 is 2.56 bits per heavy atom. The molecule has 7 nitrogen and oxygen atoms in total. The van der Waals surface area contributed by atoms with Gasteiger partial charge in [0, 0.05) is 47.6 Å². The molecule has 2 aromatic heterocycles. The highest BCUT2D eigenvalue weighted by atomic mass is 32.1. The minimum atomic E-state index is -0.216. The molecule has 0 spiro atoms. The van der Waals surface area contributed by atoms with Crippen LogP contribution in [0.2, 0.25) is 0 Å². The molecule has 0 aliphatic heterocycles. The van der Waals surface area contributed by atoms with E-state index in [1.54, 1.807) is 16.0 Å². The van der Waals surface area contributed by atoms with Gasteiger partial charge in [0.25, 0.3) is 5.91 Å². The Hall–Kier alpha value is -3.49. The molecule has 0 saturated heterocycles. The number of aryl methyl sites for hydroxylation is 3. The molecule has 2 aromatic carbocycles. The summed E-state index contributed by atoms with van der Waals surface area (Å²) in [7, 11) is 5.91. The summed E-state index contributed by atoms with van der Waals surface area (Å²) in [5.41, 5.74) is 5.61. The molecule has 1 atom stereocenters. The van der Waals surface area contributed by atoms with Gasteiger partial charge >= 0.3 is 0 Å². The molecule has 0 saturated carbocycles. The van der Waals surface area contributed by atoms with E-state index in [1.165, 1.54) is 0 Å². The standard InChI is InChI=1S/C28H33N5O2S/c1-18-7-8-25(35-10-9-32(4)5)14-26(18)27(34)31-20(3)21-11-22(24-16-30-33(6)17-24)13-23(12-21)28-29-15-19(2)36-28/h7-8,11-17,20H,9-10H2,1-6H3,(H,31,34)/t20-/m1/s1. The normalized spacial score (nSPS) is 12.1. The van der Waals surface area contributed by atoms with Crippen LogP contribution in [-0.4, -0.2) is 52.8 Å². The second-order valence-electron chi connectivity index (χ2n) is 9.35. The molecule has 0 aliphatic carbocycles. The van der Waals surface area contributed by atoms with Crippen molar-refractivity contribution in [3.63, 3.8) is 0 Å². The van der Waals surface area contributed by atoms with Crippen molar-refractivity contribution < 1.29 is 9.53 Å². The molecule has 2 heterocycles. The molecule has 1 N–H and O–H groups in total. The Morgan fingerprint density at radius 1 is 1.11 bits per heavy atom. The van der Waals surface area contributed by atoms with Crippen LogP contribution >= 0.6 is 11.3 Å². The van der Waals surface area contributed by atoms with Crippen LogP contribution in [0, 0.1) is 13.8 Å². The van der Waals surface area contributed by atoms with E-state index < -0.39 is 0 Å². The Kier molecular flexibility index (Phi) is 7.86. The molecule has 188 valence electrons. The number of hydrogen-bond acceptors (Lipinski definition) is 6. The summed E-state index contributed by atoms with van der Waals surface area (Å²) in [6, 6.07) is 11.8. The summed E-state index contributed by atoms with van der Waals surface area (Å²) in [4.78, 5) is 21.1.